The van der Waals surface area contributed by atoms with Crippen molar-refractivity contribution in [3.63, 3.8) is 0 Å². The minimum Gasteiger partial charge on any atom is -0.481 e. The molecule has 0 aromatic rings. The molecule has 84 valence electrons. The fourth-order valence-electron chi connectivity index (χ4n) is 0.655. The van der Waals surface area contributed by atoms with Crippen LogP contribution in [-0.2, 0) is 4.79 Å². The second kappa shape index (κ2) is 7.10. The Balaban J connectivity index is 0. The number of hydrogen-bond donors (Lipinski definition) is 5. The molecule has 0 radical (unpaired) electrons. The Morgan fingerprint density at radius 2 is 1.71 bits per heavy atom. The number of carbonyl (C=O) groups excluding carboxylic acids is 1. The van der Waals surface area contributed by atoms with Gasteiger partial charge in [0.25, 0.3) is 0 Å². The van der Waals surface area contributed by atoms with Crippen LogP contribution >= 0.6 is 0 Å². The first-order valence-corrected chi connectivity index (χ1v) is 3.81. The average Bonchev–Trinajstić information content (AvgIpc) is 1.80. The summed E-state index contributed by atoms with van der Waals surface area (Å²) in [6.07, 6.45) is -0.229. The summed E-state index contributed by atoms with van der Waals surface area (Å²) in [6.45, 7) is 1.19. The van der Waals surface area contributed by atoms with Crippen LogP contribution in [-0.4, -0.2) is 39.5 Å². The zero-order chi connectivity index (χ0) is 11.8. The van der Waals surface area contributed by atoms with Gasteiger partial charge in [-0.25, -0.2) is 4.79 Å². The minimum absolute atomic E-state index is 0.0965. The number of primary amides is 2. The highest BCUT2D eigenvalue weighted by molar-refractivity contribution is 5.69. The van der Waals surface area contributed by atoms with E-state index in [2.05, 4.69) is 11.5 Å². The molecule has 7 heteroatoms. The number of nitrogens with two attached hydrogens (primary N) is 2. The van der Waals surface area contributed by atoms with Crippen molar-refractivity contribution in [3.05, 3.63) is 0 Å². The first-order valence-electron chi connectivity index (χ1n) is 3.81. The molecule has 0 fully saturated rings. The summed E-state index contributed by atoms with van der Waals surface area (Å²) < 4.78 is 0. The number of carboxylic acids is 1. The Hall–Kier alpha value is -1.34. The Bertz CT molecular complexity index is 189. The van der Waals surface area contributed by atoms with Crippen molar-refractivity contribution in [2.24, 2.45) is 11.5 Å². The van der Waals surface area contributed by atoms with Gasteiger partial charge < -0.3 is 26.8 Å². The van der Waals surface area contributed by atoms with E-state index in [0.717, 1.165) is 0 Å². The number of carboxylic acid groups (broad SMARTS) is 1. The molecular weight excluding hydrogens is 192 g/mol. The molecule has 7 nitrogen and oxygen atoms in total. The van der Waals surface area contributed by atoms with E-state index in [1.54, 1.807) is 0 Å². The normalized spacial score (nSPS) is 13.4. The topological polar surface area (TPSA) is 147 Å². The van der Waals surface area contributed by atoms with Gasteiger partial charge in [0.2, 0.25) is 0 Å². The SMILES string of the molecule is CC(O)(CCO)CC(=O)O.NC(N)=O. The van der Waals surface area contributed by atoms with Crippen molar-refractivity contribution in [2.45, 2.75) is 25.4 Å². The number of aliphatic carboxylic acids is 1. The van der Waals surface area contributed by atoms with Crippen LogP contribution in [0.1, 0.15) is 19.8 Å². The molecule has 0 bridgehead atoms. The lowest BCUT2D eigenvalue weighted by Crippen LogP contribution is -2.28. The highest BCUT2D eigenvalue weighted by Crippen LogP contribution is 2.12. The second-order valence-corrected chi connectivity index (χ2v) is 2.94. The Morgan fingerprint density at radius 3 is 1.93 bits per heavy atom. The van der Waals surface area contributed by atoms with E-state index in [1.165, 1.54) is 6.92 Å². The molecule has 0 aliphatic carbocycles. The lowest BCUT2D eigenvalue weighted by atomic mass is 9.99. The summed E-state index contributed by atoms with van der Waals surface area (Å²) in [5, 5.41) is 25.7. The van der Waals surface area contributed by atoms with Crippen LogP contribution in [0.15, 0.2) is 0 Å². The van der Waals surface area contributed by atoms with Crippen molar-refractivity contribution in [2.75, 3.05) is 6.61 Å². The van der Waals surface area contributed by atoms with Gasteiger partial charge in [-0.2, -0.15) is 0 Å². The van der Waals surface area contributed by atoms with Gasteiger partial charge in [0.1, 0.15) is 0 Å². The zero-order valence-electron chi connectivity index (χ0n) is 7.93. The standard InChI is InChI=1S/C6H12O4.CH4N2O/c1-6(10,2-3-7)4-5(8)9;2-1(3)4/h7,10H,2-4H2,1H3,(H,8,9);(H4,2,3,4). The summed E-state index contributed by atoms with van der Waals surface area (Å²) in [7, 11) is 0. The first kappa shape index (κ1) is 15.1. The smallest absolute Gasteiger partial charge is 0.309 e. The van der Waals surface area contributed by atoms with Gasteiger partial charge in [0.15, 0.2) is 0 Å². The monoisotopic (exact) mass is 208 g/mol. The maximum Gasteiger partial charge on any atom is 0.309 e. The molecule has 0 heterocycles. The van der Waals surface area contributed by atoms with Crippen LogP contribution in [0.4, 0.5) is 4.79 Å². The summed E-state index contributed by atoms with van der Waals surface area (Å²) >= 11 is 0. The summed E-state index contributed by atoms with van der Waals surface area (Å²) in [4.78, 5) is 19.0. The van der Waals surface area contributed by atoms with E-state index in [-0.39, 0.29) is 19.4 Å². The van der Waals surface area contributed by atoms with Gasteiger partial charge in [-0.1, -0.05) is 0 Å². The molecule has 0 aliphatic heterocycles. The number of aliphatic hydroxyl groups is 2. The first-order chi connectivity index (χ1) is 6.21. The van der Waals surface area contributed by atoms with E-state index < -0.39 is 17.6 Å². The maximum atomic E-state index is 10.0. The molecule has 1 unspecified atom stereocenters. The molecule has 0 spiro atoms. The van der Waals surface area contributed by atoms with Crippen LogP contribution in [0.25, 0.3) is 0 Å². The van der Waals surface area contributed by atoms with Gasteiger partial charge in [0, 0.05) is 6.61 Å². The fraction of sp³-hybridized carbons (Fsp3) is 0.714. The zero-order valence-corrected chi connectivity index (χ0v) is 7.93. The average molecular weight is 208 g/mol. The number of rotatable bonds is 4. The number of urea groups is 1. The molecule has 0 aliphatic rings. The van der Waals surface area contributed by atoms with Crippen molar-refractivity contribution in [1.29, 1.82) is 0 Å². The maximum absolute atomic E-state index is 10.0. The van der Waals surface area contributed by atoms with E-state index in [0.29, 0.717) is 0 Å². The van der Waals surface area contributed by atoms with Gasteiger partial charge in [-0.15, -0.1) is 0 Å². The molecule has 14 heavy (non-hydrogen) atoms. The van der Waals surface area contributed by atoms with E-state index >= 15 is 0 Å². The summed E-state index contributed by atoms with van der Waals surface area (Å²) in [5.41, 5.74) is 7.22. The van der Waals surface area contributed by atoms with Gasteiger partial charge in [-0.3, -0.25) is 4.79 Å². The van der Waals surface area contributed by atoms with Gasteiger partial charge in [0.05, 0.1) is 12.0 Å². The largest absolute Gasteiger partial charge is 0.481 e. The van der Waals surface area contributed by atoms with Crippen LogP contribution in [0.3, 0.4) is 0 Å². The lowest BCUT2D eigenvalue weighted by Gasteiger charge is -2.18. The van der Waals surface area contributed by atoms with E-state index in [4.69, 9.17) is 20.1 Å². The molecule has 7 N–H and O–H groups in total. The molecule has 0 aromatic heterocycles. The van der Waals surface area contributed by atoms with Crippen LogP contribution in [0.2, 0.25) is 0 Å². The second-order valence-electron chi connectivity index (χ2n) is 2.94. The predicted octanol–water partition coefficient (Wildman–Crippen LogP) is -1.38. The molecular formula is C7H16N2O5. The molecule has 0 aromatic carbocycles. The van der Waals surface area contributed by atoms with Crippen molar-refractivity contribution >= 4 is 12.0 Å². The number of aliphatic hydroxyl groups excluding tert-OH is 1. The third-order valence-electron chi connectivity index (χ3n) is 1.18. The third-order valence-corrected chi connectivity index (χ3v) is 1.18. The summed E-state index contributed by atoms with van der Waals surface area (Å²) in [5.74, 6) is -1.06. The van der Waals surface area contributed by atoms with Crippen molar-refractivity contribution in [3.8, 4) is 0 Å². The third kappa shape index (κ3) is 17.0. The highest BCUT2D eigenvalue weighted by atomic mass is 16.4. The molecule has 1 atom stereocenters. The van der Waals surface area contributed by atoms with Crippen molar-refractivity contribution < 1.29 is 24.9 Å². The van der Waals surface area contributed by atoms with E-state index in [1.807, 2.05) is 0 Å². The Labute approximate surface area is 81.3 Å². The van der Waals surface area contributed by atoms with Gasteiger partial charge in [-0.05, 0) is 13.3 Å². The number of carbonyl (C=O) groups is 2. The van der Waals surface area contributed by atoms with E-state index in [9.17, 15) is 4.79 Å². The lowest BCUT2D eigenvalue weighted by molar-refractivity contribution is -0.142. The van der Waals surface area contributed by atoms with Crippen LogP contribution in [0.5, 0.6) is 0 Å². The van der Waals surface area contributed by atoms with Crippen LogP contribution in [0, 0.1) is 0 Å². The van der Waals surface area contributed by atoms with Crippen LogP contribution < -0.4 is 11.5 Å². The minimum atomic E-state index is -1.28. The molecule has 0 saturated heterocycles. The molecule has 2 amide bonds. The number of amides is 2. The predicted molar refractivity (Wildman–Crippen MR) is 48.4 cm³/mol. The Morgan fingerprint density at radius 1 is 1.36 bits per heavy atom. The molecule has 0 saturated carbocycles. The quantitative estimate of drug-likeness (QED) is 0.386. The fourth-order valence-corrected chi connectivity index (χ4v) is 0.655. The van der Waals surface area contributed by atoms with Gasteiger partial charge >= 0.3 is 12.0 Å². The summed E-state index contributed by atoms with van der Waals surface area (Å²) in [6, 6.07) is -0.833. The Kier molecular flexibility index (Phi) is 7.68. The van der Waals surface area contributed by atoms with Crippen molar-refractivity contribution in [1.82, 2.24) is 0 Å². The number of hydrogen-bond acceptors (Lipinski definition) is 4. The highest BCUT2D eigenvalue weighted by Gasteiger charge is 2.22. The molecule has 0 rings (SSSR count).